The standard InChI is InChI=1S/C11H22O3/c1-4-5-10(11(12)13)6-7-14-8-9(2)3/h9-10H,4-8H2,1-3H3,(H,12,13). The van der Waals surface area contributed by atoms with Crippen molar-refractivity contribution in [2.24, 2.45) is 11.8 Å². The van der Waals surface area contributed by atoms with Gasteiger partial charge in [-0.2, -0.15) is 0 Å². The lowest BCUT2D eigenvalue weighted by molar-refractivity contribution is -0.142. The van der Waals surface area contributed by atoms with E-state index in [1.807, 2.05) is 6.92 Å². The van der Waals surface area contributed by atoms with Crippen LogP contribution in [0.5, 0.6) is 0 Å². The highest BCUT2D eigenvalue weighted by molar-refractivity contribution is 5.69. The van der Waals surface area contributed by atoms with Gasteiger partial charge in [0.2, 0.25) is 0 Å². The van der Waals surface area contributed by atoms with Crippen LogP contribution in [-0.2, 0) is 9.53 Å². The molecular weight excluding hydrogens is 180 g/mol. The monoisotopic (exact) mass is 202 g/mol. The summed E-state index contributed by atoms with van der Waals surface area (Å²) < 4.78 is 5.36. The van der Waals surface area contributed by atoms with Gasteiger partial charge in [-0.25, -0.2) is 0 Å². The maximum atomic E-state index is 10.8. The van der Waals surface area contributed by atoms with Crippen molar-refractivity contribution < 1.29 is 14.6 Å². The van der Waals surface area contributed by atoms with Crippen LogP contribution in [0.2, 0.25) is 0 Å². The molecule has 84 valence electrons. The largest absolute Gasteiger partial charge is 0.481 e. The highest BCUT2D eigenvalue weighted by Gasteiger charge is 2.15. The molecule has 0 aromatic heterocycles. The number of carboxylic acid groups (broad SMARTS) is 1. The first-order chi connectivity index (χ1) is 6.57. The molecule has 0 aliphatic carbocycles. The highest BCUT2D eigenvalue weighted by atomic mass is 16.5. The third kappa shape index (κ3) is 6.89. The molecule has 0 aromatic rings. The molecule has 0 spiro atoms. The summed E-state index contributed by atoms with van der Waals surface area (Å²) >= 11 is 0. The first-order valence-corrected chi connectivity index (χ1v) is 5.38. The van der Waals surface area contributed by atoms with E-state index in [0.29, 0.717) is 18.9 Å². The van der Waals surface area contributed by atoms with E-state index < -0.39 is 5.97 Å². The quantitative estimate of drug-likeness (QED) is 0.615. The number of hydrogen-bond acceptors (Lipinski definition) is 2. The maximum Gasteiger partial charge on any atom is 0.306 e. The van der Waals surface area contributed by atoms with Crippen LogP contribution in [0.3, 0.4) is 0 Å². The zero-order valence-electron chi connectivity index (χ0n) is 9.45. The minimum Gasteiger partial charge on any atom is -0.481 e. The second kappa shape index (κ2) is 7.80. The smallest absolute Gasteiger partial charge is 0.306 e. The fourth-order valence-electron chi connectivity index (χ4n) is 1.28. The summed E-state index contributed by atoms with van der Waals surface area (Å²) in [5.74, 6) is -0.406. The molecule has 0 aliphatic rings. The normalized spacial score (nSPS) is 13.1. The summed E-state index contributed by atoms with van der Waals surface area (Å²) in [4.78, 5) is 10.8. The predicted molar refractivity (Wildman–Crippen MR) is 56.3 cm³/mol. The molecule has 0 amide bonds. The minimum atomic E-state index is -0.694. The van der Waals surface area contributed by atoms with E-state index in [-0.39, 0.29) is 5.92 Å². The molecule has 1 atom stereocenters. The molecule has 0 rings (SSSR count). The SMILES string of the molecule is CCCC(CCOCC(C)C)C(=O)O. The van der Waals surface area contributed by atoms with Crippen LogP contribution in [0.4, 0.5) is 0 Å². The Labute approximate surface area is 86.5 Å². The van der Waals surface area contributed by atoms with Gasteiger partial charge in [0.05, 0.1) is 5.92 Å². The molecule has 3 heteroatoms. The van der Waals surface area contributed by atoms with Crippen LogP contribution in [0, 0.1) is 11.8 Å². The van der Waals surface area contributed by atoms with Gasteiger partial charge in [0, 0.05) is 13.2 Å². The topological polar surface area (TPSA) is 46.5 Å². The van der Waals surface area contributed by atoms with E-state index in [2.05, 4.69) is 13.8 Å². The second-order valence-electron chi connectivity index (χ2n) is 4.08. The molecule has 0 saturated heterocycles. The Morgan fingerprint density at radius 3 is 2.43 bits per heavy atom. The summed E-state index contributed by atoms with van der Waals surface area (Å²) in [6, 6.07) is 0. The van der Waals surface area contributed by atoms with E-state index >= 15 is 0 Å². The number of aliphatic carboxylic acids is 1. The van der Waals surface area contributed by atoms with Gasteiger partial charge in [0.15, 0.2) is 0 Å². The zero-order chi connectivity index (χ0) is 11.0. The molecule has 3 nitrogen and oxygen atoms in total. The molecule has 1 N–H and O–H groups in total. The Morgan fingerprint density at radius 2 is 2.00 bits per heavy atom. The van der Waals surface area contributed by atoms with Gasteiger partial charge in [-0.15, -0.1) is 0 Å². The second-order valence-corrected chi connectivity index (χ2v) is 4.08. The van der Waals surface area contributed by atoms with Gasteiger partial charge in [0.1, 0.15) is 0 Å². The van der Waals surface area contributed by atoms with E-state index in [1.165, 1.54) is 0 Å². The van der Waals surface area contributed by atoms with Crippen molar-refractivity contribution in [3.05, 3.63) is 0 Å². The lowest BCUT2D eigenvalue weighted by Gasteiger charge is -2.12. The van der Waals surface area contributed by atoms with Crippen molar-refractivity contribution in [3.63, 3.8) is 0 Å². The molecule has 0 aliphatic heterocycles. The molecule has 1 unspecified atom stereocenters. The fourth-order valence-corrected chi connectivity index (χ4v) is 1.28. The third-order valence-electron chi connectivity index (χ3n) is 2.05. The van der Waals surface area contributed by atoms with Crippen LogP contribution in [0.25, 0.3) is 0 Å². The number of carbonyl (C=O) groups is 1. The molecule has 0 bridgehead atoms. The Bertz CT molecular complexity index is 155. The average Bonchev–Trinajstić information content (AvgIpc) is 2.09. The van der Waals surface area contributed by atoms with Gasteiger partial charge >= 0.3 is 5.97 Å². The first-order valence-electron chi connectivity index (χ1n) is 5.38. The number of rotatable bonds is 8. The molecule has 0 saturated carbocycles. The van der Waals surface area contributed by atoms with Crippen LogP contribution < -0.4 is 0 Å². The zero-order valence-corrected chi connectivity index (χ0v) is 9.45. The number of hydrogen-bond donors (Lipinski definition) is 1. The van der Waals surface area contributed by atoms with Crippen molar-refractivity contribution in [3.8, 4) is 0 Å². The fraction of sp³-hybridized carbons (Fsp3) is 0.909. The summed E-state index contributed by atoms with van der Waals surface area (Å²) in [7, 11) is 0. The van der Waals surface area contributed by atoms with Crippen LogP contribution in [0.15, 0.2) is 0 Å². The molecule has 14 heavy (non-hydrogen) atoms. The lowest BCUT2D eigenvalue weighted by Crippen LogP contribution is -2.16. The molecule has 0 radical (unpaired) electrons. The average molecular weight is 202 g/mol. The number of ether oxygens (including phenoxy) is 1. The lowest BCUT2D eigenvalue weighted by atomic mass is 10.0. The van der Waals surface area contributed by atoms with Gasteiger partial charge in [-0.05, 0) is 18.8 Å². The van der Waals surface area contributed by atoms with Crippen molar-refractivity contribution in [1.29, 1.82) is 0 Å². The van der Waals surface area contributed by atoms with Crippen molar-refractivity contribution in [1.82, 2.24) is 0 Å². The summed E-state index contributed by atoms with van der Waals surface area (Å²) in [5.41, 5.74) is 0. The van der Waals surface area contributed by atoms with E-state index in [1.54, 1.807) is 0 Å². The van der Waals surface area contributed by atoms with Crippen molar-refractivity contribution >= 4 is 5.97 Å². The van der Waals surface area contributed by atoms with Crippen LogP contribution >= 0.6 is 0 Å². The Morgan fingerprint density at radius 1 is 1.36 bits per heavy atom. The van der Waals surface area contributed by atoms with Gasteiger partial charge in [-0.3, -0.25) is 4.79 Å². The molecule has 0 fully saturated rings. The summed E-state index contributed by atoms with van der Waals surface area (Å²) in [5, 5.41) is 8.86. The minimum absolute atomic E-state index is 0.229. The van der Waals surface area contributed by atoms with E-state index in [9.17, 15) is 4.79 Å². The van der Waals surface area contributed by atoms with Gasteiger partial charge in [0.25, 0.3) is 0 Å². The Hall–Kier alpha value is -0.570. The van der Waals surface area contributed by atoms with Gasteiger partial charge < -0.3 is 9.84 Å². The molecule has 0 aromatic carbocycles. The molecule has 0 heterocycles. The van der Waals surface area contributed by atoms with Gasteiger partial charge in [-0.1, -0.05) is 27.2 Å². The summed E-state index contributed by atoms with van der Waals surface area (Å²) in [6.45, 7) is 7.46. The van der Waals surface area contributed by atoms with Crippen molar-refractivity contribution in [2.45, 2.75) is 40.0 Å². The Kier molecular flexibility index (Phi) is 7.48. The Balaban J connectivity index is 3.56. The van der Waals surface area contributed by atoms with E-state index in [4.69, 9.17) is 9.84 Å². The maximum absolute atomic E-state index is 10.8. The summed E-state index contributed by atoms with van der Waals surface area (Å²) in [6.07, 6.45) is 2.30. The number of carboxylic acids is 1. The van der Waals surface area contributed by atoms with E-state index in [0.717, 1.165) is 19.4 Å². The third-order valence-corrected chi connectivity index (χ3v) is 2.05. The van der Waals surface area contributed by atoms with Crippen molar-refractivity contribution in [2.75, 3.05) is 13.2 Å². The predicted octanol–water partition coefficient (Wildman–Crippen LogP) is 2.55. The first kappa shape index (κ1) is 13.4. The van der Waals surface area contributed by atoms with Crippen LogP contribution in [0.1, 0.15) is 40.0 Å². The highest BCUT2D eigenvalue weighted by Crippen LogP contribution is 2.11. The van der Waals surface area contributed by atoms with Crippen LogP contribution in [-0.4, -0.2) is 24.3 Å². The molecular formula is C11H22O3.